The number of benzene rings is 2. The van der Waals surface area contributed by atoms with Crippen molar-refractivity contribution in [1.82, 2.24) is 24.6 Å². The molecule has 2 aliphatic heterocycles. The minimum absolute atomic E-state index is 0.00109. The molecule has 2 fully saturated rings. The minimum Gasteiger partial charge on any atom is -0.490 e. The van der Waals surface area contributed by atoms with Crippen molar-refractivity contribution in [3.63, 3.8) is 0 Å². The molecule has 2 atom stereocenters. The first-order valence-electron chi connectivity index (χ1n) is 14.4. The number of likely N-dealkylation sites (tertiary alicyclic amines) is 2. The summed E-state index contributed by atoms with van der Waals surface area (Å²) >= 11 is 0. The number of nitrogens with zero attached hydrogens (tertiary/aromatic N) is 5. The molecular formula is C32H36FN5O4. The zero-order valence-electron chi connectivity index (χ0n) is 23.8. The standard InChI is InChI=1S/C32H36FN5O4/c1-3-30(39)38-19-16-29(28(33)21-38)42-25-11-8-23(9-12-25)10-13-31(40)37-17-14-26(15-18-37)41-27-7-5-6-24(20-27)32-35-34-22-36(32)4-2/h3,5-13,20,22,26,28-29H,1,4,14-19,21H2,2H3/b13-10-/t28-,29-/m1/s1. The highest BCUT2D eigenvalue weighted by atomic mass is 19.1. The lowest BCUT2D eigenvalue weighted by Gasteiger charge is -2.34. The third-order valence-corrected chi connectivity index (χ3v) is 7.66. The monoisotopic (exact) mass is 573 g/mol. The third-order valence-electron chi connectivity index (χ3n) is 7.66. The highest BCUT2D eigenvalue weighted by Gasteiger charge is 2.32. The molecule has 2 aromatic carbocycles. The number of hydrogen-bond acceptors (Lipinski definition) is 6. The zero-order valence-corrected chi connectivity index (χ0v) is 23.8. The van der Waals surface area contributed by atoms with E-state index in [1.807, 2.05) is 45.9 Å². The highest BCUT2D eigenvalue weighted by Crippen LogP contribution is 2.26. The Morgan fingerprint density at radius 3 is 2.48 bits per heavy atom. The molecule has 0 radical (unpaired) electrons. The average Bonchev–Trinajstić information content (AvgIpc) is 3.51. The number of rotatable bonds is 9. The number of halogens is 1. The molecule has 0 N–H and O–H groups in total. The zero-order chi connectivity index (χ0) is 29.5. The molecule has 2 amide bonds. The molecule has 9 nitrogen and oxygen atoms in total. The predicted molar refractivity (Wildman–Crippen MR) is 158 cm³/mol. The van der Waals surface area contributed by atoms with Crippen molar-refractivity contribution in [2.45, 2.75) is 51.1 Å². The van der Waals surface area contributed by atoms with Gasteiger partial charge in [0.15, 0.2) is 12.0 Å². The molecule has 42 heavy (non-hydrogen) atoms. The van der Waals surface area contributed by atoms with Gasteiger partial charge >= 0.3 is 0 Å². The molecule has 10 heteroatoms. The van der Waals surface area contributed by atoms with Crippen LogP contribution in [0.5, 0.6) is 11.5 Å². The van der Waals surface area contributed by atoms with Crippen molar-refractivity contribution in [1.29, 1.82) is 0 Å². The molecule has 3 heterocycles. The lowest BCUT2D eigenvalue weighted by molar-refractivity contribution is -0.130. The smallest absolute Gasteiger partial charge is 0.246 e. The van der Waals surface area contributed by atoms with Crippen LogP contribution < -0.4 is 9.47 Å². The Hall–Kier alpha value is -4.47. The summed E-state index contributed by atoms with van der Waals surface area (Å²) in [5.41, 5.74) is 1.80. The molecule has 0 aliphatic carbocycles. The number of carbonyl (C=O) groups is 2. The maximum Gasteiger partial charge on any atom is 0.246 e. The largest absolute Gasteiger partial charge is 0.490 e. The van der Waals surface area contributed by atoms with E-state index in [1.165, 1.54) is 11.0 Å². The second kappa shape index (κ2) is 13.5. The van der Waals surface area contributed by atoms with E-state index < -0.39 is 12.3 Å². The van der Waals surface area contributed by atoms with E-state index in [0.29, 0.717) is 31.8 Å². The van der Waals surface area contributed by atoms with Crippen molar-refractivity contribution in [3.05, 3.63) is 79.2 Å². The average molecular weight is 574 g/mol. The van der Waals surface area contributed by atoms with Crippen LogP contribution in [0, 0.1) is 0 Å². The van der Waals surface area contributed by atoms with Gasteiger partial charge in [0.1, 0.15) is 30.0 Å². The van der Waals surface area contributed by atoms with Gasteiger partial charge in [0.05, 0.1) is 6.54 Å². The van der Waals surface area contributed by atoms with Crippen molar-refractivity contribution >= 4 is 17.9 Å². The molecule has 0 saturated carbocycles. The van der Waals surface area contributed by atoms with Crippen molar-refractivity contribution < 1.29 is 23.5 Å². The summed E-state index contributed by atoms with van der Waals surface area (Å²) in [5, 5.41) is 8.24. The van der Waals surface area contributed by atoms with Gasteiger partial charge in [0, 0.05) is 57.1 Å². The first-order valence-corrected chi connectivity index (χ1v) is 14.4. The van der Waals surface area contributed by atoms with Gasteiger partial charge in [-0.3, -0.25) is 9.59 Å². The first-order chi connectivity index (χ1) is 20.4. The van der Waals surface area contributed by atoms with Gasteiger partial charge in [-0.1, -0.05) is 30.8 Å². The van der Waals surface area contributed by atoms with Gasteiger partial charge in [-0.2, -0.15) is 0 Å². The topological polar surface area (TPSA) is 89.8 Å². The number of piperidine rings is 2. The van der Waals surface area contributed by atoms with Crippen LogP contribution in [0.15, 0.2) is 73.6 Å². The van der Waals surface area contributed by atoms with E-state index in [4.69, 9.17) is 9.47 Å². The Morgan fingerprint density at radius 2 is 1.76 bits per heavy atom. The van der Waals surface area contributed by atoms with Crippen LogP contribution in [0.25, 0.3) is 17.5 Å². The van der Waals surface area contributed by atoms with Gasteiger partial charge in [0.2, 0.25) is 11.8 Å². The van der Waals surface area contributed by atoms with Gasteiger partial charge in [0.25, 0.3) is 0 Å². The fourth-order valence-corrected chi connectivity index (χ4v) is 5.26. The highest BCUT2D eigenvalue weighted by molar-refractivity contribution is 5.91. The van der Waals surface area contributed by atoms with Crippen molar-refractivity contribution in [2.24, 2.45) is 0 Å². The molecule has 0 unspecified atom stereocenters. The van der Waals surface area contributed by atoms with Crippen LogP contribution in [0.3, 0.4) is 0 Å². The maximum absolute atomic E-state index is 14.6. The first kappa shape index (κ1) is 29.0. The molecule has 0 spiro atoms. The predicted octanol–water partition coefficient (Wildman–Crippen LogP) is 4.55. The summed E-state index contributed by atoms with van der Waals surface area (Å²) in [6.07, 6.45) is 6.32. The van der Waals surface area contributed by atoms with E-state index in [0.717, 1.165) is 42.1 Å². The maximum atomic E-state index is 14.6. The number of ether oxygens (including phenoxy) is 2. The fraction of sp³-hybridized carbons (Fsp3) is 0.375. The number of aromatic nitrogens is 3. The summed E-state index contributed by atoms with van der Waals surface area (Å²) in [4.78, 5) is 27.8. The Labute approximate surface area is 245 Å². The van der Waals surface area contributed by atoms with E-state index in [2.05, 4.69) is 23.7 Å². The molecular weight excluding hydrogens is 537 g/mol. The summed E-state index contributed by atoms with van der Waals surface area (Å²) < 4.78 is 28.6. The minimum atomic E-state index is -1.27. The lowest BCUT2D eigenvalue weighted by Crippen LogP contribution is -2.48. The Bertz CT molecular complexity index is 1410. The van der Waals surface area contributed by atoms with E-state index in [9.17, 15) is 14.0 Å². The number of amides is 2. The Kier molecular flexibility index (Phi) is 9.31. The van der Waals surface area contributed by atoms with Crippen LogP contribution in [0.1, 0.15) is 31.7 Å². The number of alkyl halides is 1. The van der Waals surface area contributed by atoms with Crippen molar-refractivity contribution in [3.8, 4) is 22.9 Å². The normalized spacial score (nSPS) is 19.6. The van der Waals surface area contributed by atoms with Crippen LogP contribution in [0.4, 0.5) is 4.39 Å². The molecule has 5 rings (SSSR count). The van der Waals surface area contributed by atoms with Crippen LogP contribution >= 0.6 is 0 Å². The van der Waals surface area contributed by atoms with Gasteiger partial charge in [-0.15, -0.1) is 10.2 Å². The number of carbonyl (C=O) groups excluding carboxylic acids is 2. The molecule has 3 aromatic rings. The quantitative estimate of drug-likeness (QED) is 0.349. The van der Waals surface area contributed by atoms with E-state index in [-0.39, 0.29) is 24.5 Å². The van der Waals surface area contributed by atoms with E-state index >= 15 is 0 Å². The molecule has 0 bridgehead atoms. The molecule has 220 valence electrons. The molecule has 2 saturated heterocycles. The molecule has 1 aromatic heterocycles. The lowest BCUT2D eigenvalue weighted by atomic mass is 10.1. The summed E-state index contributed by atoms with van der Waals surface area (Å²) in [6, 6.07) is 15.1. The fourth-order valence-electron chi connectivity index (χ4n) is 5.26. The van der Waals surface area contributed by atoms with Crippen LogP contribution in [-0.4, -0.2) is 80.9 Å². The van der Waals surface area contributed by atoms with Gasteiger partial charge < -0.3 is 23.8 Å². The van der Waals surface area contributed by atoms with Gasteiger partial charge in [-0.05, 0) is 48.9 Å². The van der Waals surface area contributed by atoms with Crippen molar-refractivity contribution in [2.75, 3.05) is 26.2 Å². The SMILES string of the molecule is C=CC(=O)N1CC[C@@H](Oc2ccc(/C=C\C(=O)N3CCC(Oc4cccc(-c5nncn5CC)c4)CC3)cc2)[C@H](F)C1. The molecule has 2 aliphatic rings. The van der Waals surface area contributed by atoms with E-state index in [1.54, 1.807) is 30.6 Å². The number of hydrogen-bond donors (Lipinski definition) is 0. The summed E-state index contributed by atoms with van der Waals surface area (Å²) in [5.74, 6) is 1.83. The van der Waals surface area contributed by atoms with Gasteiger partial charge in [-0.25, -0.2) is 4.39 Å². The Balaban J connectivity index is 1.08. The second-order valence-corrected chi connectivity index (χ2v) is 10.5. The van der Waals surface area contributed by atoms with Crippen LogP contribution in [-0.2, 0) is 16.1 Å². The third kappa shape index (κ3) is 7.05. The second-order valence-electron chi connectivity index (χ2n) is 10.5. The van der Waals surface area contributed by atoms with Crippen LogP contribution in [0.2, 0.25) is 0 Å². The number of aryl methyl sites for hydroxylation is 1. The Morgan fingerprint density at radius 1 is 1.00 bits per heavy atom. The summed E-state index contributed by atoms with van der Waals surface area (Å²) in [7, 11) is 0. The summed E-state index contributed by atoms with van der Waals surface area (Å²) in [6.45, 7) is 7.96.